The lowest BCUT2D eigenvalue weighted by Crippen LogP contribution is -2.54. The van der Waals surface area contributed by atoms with Gasteiger partial charge in [-0.15, -0.1) is 0 Å². The van der Waals surface area contributed by atoms with Crippen LogP contribution in [0.5, 0.6) is 0 Å². The quantitative estimate of drug-likeness (QED) is 0.267. The van der Waals surface area contributed by atoms with E-state index in [0.29, 0.717) is 0 Å². The Bertz CT molecular complexity index is 452. The maximum atomic E-state index is 12.5. The number of carbonyl (C=O) groups is 1. The van der Waals surface area contributed by atoms with Crippen molar-refractivity contribution in [3.05, 3.63) is 12.2 Å². The molecule has 0 bridgehead atoms. The zero-order valence-electron chi connectivity index (χ0n) is 13.5. The Morgan fingerprint density at radius 3 is 2.48 bits per heavy atom. The van der Waals surface area contributed by atoms with Gasteiger partial charge in [0.15, 0.2) is 5.84 Å². The molecule has 0 aliphatic carbocycles. The molecule has 7 heteroatoms. The maximum Gasteiger partial charge on any atom is 0.413 e. The molecule has 1 aliphatic rings. The third-order valence-electron chi connectivity index (χ3n) is 2.98. The number of hydrogen-bond donors (Lipinski definition) is 2. The van der Waals surface area contributed by atoms with Crippen LogP contribution >= 0.6 is 0 Å². The van der Waals surface area contributed by atoms with Crippen LogP contribution in [0.15, 0.2) is 17.3 Å². The van der Waals surface area contributed by atoms with Crippen molar-refractivity contribution in [3.63, 3.8) is 0 Å². The average molecular weight is 299 g/mol. The van der Waals surface area contributed by atoms with Crippen molar-refractivity contribution in [2.24, 2.45) is 10.9 Å². The number of amides is 1. The van der Waals surface area contributed by atoms with Crippen molar-refractivity contribution in [1.29, 1.82) is 0 Å². The highest BCUT2D eigenvalue weighted by atomic mass is 16.6. The third kappa shape index (κ3) is 3.87. The largest absolute Gasteiger partial charge is 0.444 e. The highest BCUT2D eigenvalue weighted by Gasteiger charge is 2.52. The van der Waals surface area contributed by atoms with Crippen LogP contribution in [0.2, 0.25) is 0 Å². The average Bonchev–Trinajstić information content (AvgIpc) is 2.57. The molecule has 0 aromatic rings. The fourth-order valence-electron chi connectivity index (χ4n) is 2.27. The van der Waals surface area contributed by atoms with Gasteiger partial charge in [0.25, 0.3) is 0 Å². The van der Waals surface area contributed by atoms with Gasteiger partial charge >= 0.3 is 6.09 Å². The van der Waals surface area contributed by atoms with Crippen LogP contribution in [-0.4, -0.2) is 45.5 Å². The highest BCUT2D eigenvalue weighted by molar-refractivity contribution is 5.90. The first-order chi connectivity index (χ1) is 9.53. The predicted molar refractivity (Wildman–Crippen MR) is 79.0 cm³/mol. The summed E-state index contributed by atoms with van der Waals surface area (Å²) < 4.78 is 11.2. The van der Waals surface area contributed by atoms with E-state index in [0.717, 1.165) is 0 Å². The number of ether oxygens (including phenoxy) is 2. The third-order valence-corrected chi connectivity index (χ3v) is 2.98. The van der Waals surface area contributed by atoms with E-state index >= 15 is 0 Å². The normalized spacial score (nSPS) is 26.4. The van der Waals surface area contributed by atoms with Crippen molar-refractivity contribution in [2.45, 2.75) is 65.0 Å². The molecular weight excluding hydrogens is 274 g/mol. The maximum absolute atomic E-state index is 12.5. The number of carbonyl (C=O) groups excluding carboxylic acids is 1. The van der Waals surface area contributed by atoms with E-state index in [1.54, 1.807) is 46.8 Å². The van der Waals surface area contributed by atoms with Crippen molar-refractivity contribution in [3.8, 4) is 0 Å². The predicted octanol–water partition coefficient (Wildman–Crippen LogP) is 2.05. The summed E-state index contributed by atoms with van der Waals surface area (Å²) in [5, 5.41) is 12.0. The second kappa shape index (κ2) is 5.93. The van der Waals surface area contributed by atoms with Gasteiger partial charge < -0.3 is 20.4 Å². The smallest absolute Gasteiger partial charge is 0.413 e. The first kappa shape index (κ1) is 17.3. The summed E-state index contributed by atoms with van der Waals surface area (Å²) in [4.78, 5) is 13.8. The van der Waals surface area contributed by atoms with Gasteiger partial charge in [-0.2, -0.15) is 0 Å². The van der Waals surface area contributed by atoms with Crippen LogP contribution in [0.1, 0.15) is 41.5 Å². The molecule has 1 amide bonds. The second-order valence-corrected chi connectivity index (χ2v) is 6.38. The van der Waals surface area contributed by atoms with Gasteiger partial charge in [0.2, 0.25) is 0 Å². The molecular formula is C14H25N3O4. The lowest BCUT2D eigenvalue weighted by Gasteiger charge is -2.34. The minimum atomic E-state index is -0.938. The van der Waals surface area contributed by atoms with E-state index < -0.39 is 29.6 Å². The summed E-state index contributed by atoms with van der Waals surface area (Å²) in [6.07, 6.45) is 2.47. The molecule has 120 valence electrons. The number of oxime groups is 1. The van der Waals surface area contributed by atoms with Gasteiger partial charge in [-0.3, -0.25) is 4.90 Å². The number of rotatable bonds is 2. The van der Waals surface area contributed by atoms with Crippen LogP contribution in [0.3, 0.4) is 0 Å². The molecule has 0 unspecified atom stereocenters. The Labute approximate surface area is 125 Å². The van der Waals surface area contributed by atoms with Crippen LogP contribution in [-0.2, 0) is 9.47 Å². The summed E-state index contributed by atoms with van der Waals surface area (Å²) in [5.41, 5.74) is 4.16. The van der Waals surface area contributed by atoms with Crippen LogP contribution in [0.4, 0.5) is 4.79 Å². The van der Waals surface area contributed by atoms with E-state index in [1.165, 1.54) is 4.90 Å². The molecule has 2 atom stereocenters. The highest BCUT2D eigenvalue weighted by Crippen LogP contribution is 2.34. The van der Waals surface area contributed by atoms with Gasteiger partial charge in [-0.1, -0.05) is 17.3 Å². The first-order valence-electron chi connectivity index (χ1n) is 6.84. The second-order valence-electron chi connectivity index (χ2n) is 6.38. The summed E-state index contributed by atoms with van der Waals surface area (Å²) in [6, 6.07) is -0.726. The monoisotopic (exact) mass is 299 g/mol. The van der Waals surface area contributed by atoms with Crippen molar-refractivity contribution in [1.82, 2.24) is 4.90 Å². The topological polar surface area (TPSA) is 97.4 Å². The lowest BCUT2D eigenvalue weighted by atomic mass is 10.1. The Balaban J connectivity index is 3.19. The fourth-order valence-corrected chi connectivity index (χ4v) is 2.27. The summed E-state index contributed by atoms with van der Waals surface area (Å²) in [6.45, 7) is 10.6. The lowest BCUT2D eigenvalue weighted by molar-refractivity contribution is -0.0707. The van der Waals surface area contributed by atoms with E-state index in [1.807, 2.05) is 6.92 Å². The van der Waals surface area contributed by atoms with E-state index in [-0.39, 0.29) is 5.84 Å². The molecule has 7 nitrogen and oxygen atoms in total. The molecule has 1 rings (SSSR count). The van der Waals surface area contributed by atoms with E-state index in [4.69, 9.17) is 20.4 Å². The summed E-state index contributed by atoms with van der Waals surface area (Å²) in [7, 11) is 0. The zero-order valence-corrected chi connectivity index (χ0v) is 13.5. The van der Waals surface area contributed by atoms with Crippen LogP contribution in [0.25, 0.3) is 0 Å². The van der Waals surface area contributed by atoms with E-state index in [2.05, 4.69) is 5.16 Å². The standard InChI is InChI=1S/C14H25N3O4/c1-7-8-9-10(11(15)16-19)17(14(5,6)20-9)12(18)21-13(2,3)4/h7-10,19H,1-6H3,(H2,15,16)/b8-7+/t9-,10-/m1/s1. The SMILES string of the molecule is C/C=C/[C@H]1OC(C)(C)N(C(=O)OC(C)(C)C)[C@H]1/C(N)=N\O. The Morgan fingerprint density at radius 2 is 2.05 bits per heavy atom. The minimum Gasteiger partial charge on any atom is -0.444 e. The number of nitrogens with zero attached hydrogens (tertiary/aromatic N) is 2. The number of amidine groups is 1. The van der Waals surface area contributed by atoms with Gasteiger partial charge in [0.1, 0.15) is 23.5 Å². The fraction of sp³-hybridized carbons (Fsp3) is 0.714. The van der Waals surface area contributed by atoms with Crippen molar-refractivity contribution >= 4 is 11.9 Å². The van der Waals surface area contributed by atoms with E-state index in [9.17, 15) is 4.79 Å². The molecule has 1 aliphatic heterocycles. The van der Waals surface area contributed by atoms with Crippen molar-refractivity contribution in [2.75, 3.05) is 0 Å². The number of allylic oxidation sites excluding steroid dienone is 1. The zero-order chi connectivity index (χ0) is 16.4. The molecule has 21 heavy (non-hydrogen) atoms. The molecule has 3 N–H and O–H groups in total. The summed E-state index contributed by atoms with van der Waals surface area (Å²) in [5.74, 6) is -0.102. The first-order valence-corrected chi connectivity index (χ1v) is 6.84. The number of nitrogens with two attached hydrogens (primary N) is 1. The molecule has 0 aromatic heterocycles. The molecule has 1 fully saturated rings. The Kier molecular flexibility index (Phi) is 4.88. The molecule has 0 spiro atoms. The van der Waals surface area contributed by atoms with Gasteiger partial charge in [-0.25, -0.2) is 4.79 Å². The van der Waals surface area contributed by atoms with Crippen LogP contribution in [0, 0.1) is 0 Å². The Morgan fingerprint density at radius 1 is 1.48 bits per heavy atom. The molecule has 0 aromatic carbocycles. The van der Waals surface area contributed by atoms with Gasteiger partial charge in [-0.05, 0) is 41.5 Å². The molecule has 0 saturated carbocycles. The molecule has 1 saturated heterocycles. The molecule has 0 radical (unpaired) electrons. The minimum absolute atomic E-state index is 0.102. The Hall–Kier alpha value is -1.76. The number of hydrogen-bond acceptors (Lipinski definition) is 5. The van der Waals surface area contributed by atoms with Gasteiger partial charge in [0, 0.05) is 0 Å². The van der Waals surface area contributed by atoms with Crippen LogP contribution < -0.4 is 5.73 Å². The summed E-state index contributed by atoms with van der Waals surface area (Å²) >= 11 is 0. The van der Waals surface area contributed by atoms with Crippen molar-refractivity contribution < 1.29 is 19.5 Å². The molecule has 1 heterocycles. The van der Waals surface area contributed by atoms with Gasteiger partial charge in [0.05, 0.1) is 0 Å².